The molecule has 4 heteroatoms. The second-order valence-corrected chi connectivity index (χ2v) is 3.52. The van der Waals surface area contributed by atoms with E-state index in [1.807, 2.05) is 6.92 Å². The van der Waals surface area contributed by atoms with Gasteiger partial charge in [-0.05, 0) is 35.0 Å². The Balaban J connectivity index is 2.77. The molecule has 0 bridgehead atoms. The van der Waals surface area contributed by atoms with Gasteiger partial charge in [-0.2, -0.15) is 0 Å². The van der Waals surface area contributed by atoms with Crippen molar-refractivity contribution in [1.82, 2.24) is 4.90 Å². The summed E-state index contributed by atoms with van der Waals surface area (Å²) in [4.78, 5) is 13.4. The third-order valence-corrected chi connectivity index (χ3v) is 2.23. The van der Waals surface area contributed by atoms with Gasteiger partial charge in [0.15, 0.2) is 10.4 Å². The van der Waals surface area contributed by atoms with E-state index >= 15 is 0 Å². The number of hydrogen-bond acceptors (Lipinski definition) is 2. The van der Waals surface area contributed by atoms with Gasteiger partial charge in [-0.15, -0.1) is 6.58 Å². The summed E-state index contributed by atoms with van der Waals surface area (Å²) < 4.78 is 5.73. The van der Waals surface area contributed by atoms with Gasteiger partial charge in [0.25, 0.3) is 5.91 Å². The number of nitrogens with zero attached hydrogens (tertiary/aromatic N) is 1. The maximum Gasteiger partial charge on any atom is 0.289 e. The number of hydrogen-bond donors (Lipinski definition) is 0. The largest absolute Gasteiger partial charge is 0.444 e. The van der Waals surface area contributed by atoms with Crippen LogP contribution in [0.1, 0.15) is 17.5 Å². The van der Waals surface area contributed by atoms with Crippen LogP contribution < -0.4 is 0 Å². The van der Waals surface area contributed by atoms with E-state index in [4.69, 9.17) is 4.42 Å². The fraction of sp³-hybridized carbons (Fsp3) is 0.300. The molecule has 0 spiro atoms. The Bertz CT molecular complexity index is 333. The smallest absolute Gasteiger partial charge is 0.289 e. The fourth-order valence-electron chi connectivity index (χ4n) is 1.10. The summed E-state index contributed by atoms with van der Waals surface area (Å²) in [6.07, 6.45) is 1.69. The van der Waals surface area contributed by atoms with Gasteiger partial charge in [0.2, 0.25) is 0 Å². The monoisotopic (exact) mass is 257 g/mol. The number of halogens is 1. The zero-order valence-corrected chi connectivity index (χ0v) is 9.58. The van der Waals surface area contributed by atoms with E-state index in [9.17, 15) is 4.79 Å². The third-order valence-electron chi connectivity index (χ3n) is 1.80. The number of carbonyl (C=O) groups is 1. The lowest BCUT2D eigenvalue weighted by Gasteiger charge is -2.16. The Morgan fingerprint density at radius 2 is 2.43 bits per heavy atom. The highest BCUT2D eigenvalue weighted by atomic mass is 79.9. The highest BCUT2D eigenvalue weighted by Crippen LogP contribution is 2.15. The highest BCUT2D eigenvalue weighted by molar-refractivity contribution is 9.10. The van der Waals surface area contributed by atoms with Gasteiger partial charge in [-0.3, -0.25) is 4.79 Å². The van der Waals surface area contributed by atoms with Gasteiger partial charge in [0, 0.05) is 13.1 Å². The number of amides is 1. The van der Waals surface area contributed by atoms with Crippen molar-refractivity contribution in [2.45, 2.75) is 6.92 Å². The SMILES string of the molecule is C=CCN(CC)C(=O)c1ccc(Br)o1. The lowest BCUT2D eigenvalue weighted by Crippen LogP contribution is -2.30. The van der Waals surface area contributed by atoms with Crippen molar-refractivity contribution in [2.24, 2.45) is 0 Å². The maximum absolute atomic E-state index is 11.7. The molecule has 14 heavy (non-hydrogen) atoms. The van der Waals surface area contributed by atoms with Gasteiger partial charge in [0.05, 0.1) is 0 Å². The molecule has 0 N–H and O–H groups in total. The van der Waals surface area contributed by atoms with E-state index < -0.39 is 0 Å². The van der Waals surface area contributed by atoms with Gasteiger partial charge in [-0.25, -0.2) is 0 Å². The average Bonchev–Trinajstić information content (AvgIpc) is 2.60. The van der Waals surface area contributed by atoms with Crippen LogP contribution in [-0.4, -0.2) is 23.9 Å². The van der Waals surface area contributed by atoms with Crippen LogP contribution in [-0.2, 0) is 0 Å². The first-order valence-electron chi connectivity index (χ1n) is 4.34. The molecule has 1 rings (SSSR count). The normalized spacial score (nSPS) is 9.86. The van der Waals surface area contributed by atoms with Crippen LogP contribution in [0.3, 0.4) is 0 Å². The van der Waals surface area contributed by atoms with E-state index in [2.05, 4.69) is 22.5 Å². The molecule has 0 fully saturated rings. The lowest BCUT2D eigenvalue weighted by molar-refractivity contribution is 0.0749. The molecule has 0 atom stereocenters. The minimum Gasteiger partial charge on any atom is -0.444 e. The van der Waals surface area contributed by atoms with E-state index in [1.54, 1.807) is 23.1 Å². The summed E-state index contributed by atoms with van der Waals surface area (Å²) in [7, 11) is 0. The van der Waals surface area contributed by atoms with E-state index in [0.29, 0.717) is 23.5 Å². The zero-order valence-electron chi connectivity index (χ0n) is 8.00. The molecule has 0 saturated heterocycles. The fourth-order valence-corrected chi connectivity index (χ4v) is 1.40. The molecule has 1 aromatic rings. The molecule has 1 heterocycles. The Morgan fingerprint density at radius 3 is 2.86 bits per heavy atom. The maximum atomic E-state index is 11.7. The quantitative estimate of drug-likeness (QED) is 0.778. The number of rotatable bonds is 4. The molecule has 1 amide bonds. The Labute approximate surface area is 91.5 Å². The first kappa shape index (κ1) is 11.0. The van der Waals surface area contributed by atoms with Crippen molar-refractivity contribution in [3.8, 4) is 0 Å². The van der Waals surface area contributed by atoms with Crippen LogP contribution in [0.2, 0.25) is 0 Å². The van der Waals surface area contributed by atoms with Crippen LogP contribution in [0.25, 0.3) is 0 Å². The lowest BCUT2D eigenvalue weighted by atomic mass is 10.3. The van der Waals surface area contributed by atoms with Crippen molar-refractivity contribution in [2.75, 3.05) is 13.1 Å². The van der Waals surface area contributed by atoms with Gasteiger partial charge in [0.1, 0.15) is 0 Å². The van der Waals surface area contributed by atoms with Crippen molar-refractivity contribution in [1.29, 1.82) is 0 Å². The Morgan fingerprint density at radius 1 is 1.71 bits per heavy atom. The van der Waals surface area contributed by atoms with Gasteiger partial charge in [-0.1, -0.05) is 6.08 Å². The molecular weight excluding hydrogens is 246 g/mol. The first-order valence-corrected chi connectivity index (χ1v) is 5.13. The summed E-state index contributed by atoms with van der Waals surface area (Å²) in [5, 5.41) is 0. The Hall–Kier alpha value is -1.03. The predicted octanol–water partition coefficient (Wildman–Crippen LogP) is 2.69. The van der Waals surface area contributed by atoms with Crippen LogP contribution >= 0.6 is 15.9 Å². The summed E-state index contributed by atoms with van der Waals surface area (Å²) in [5.74, 6) is 0.235. The minimum absolute atomic E-state index is 0.113. The molecule has 0 aliphatic heterocycles. The molecule has 1 aromatic heterocycles. The van der Waals surface area contributed by atoms with Gasteiger partial charge >= 0.3 is 0 Å². The average molecular weight is 258 g/mol. The summed E-state index contributed by atoms with van der Waals surface area (Å²) in [5.41, 5.74) is 0. The number of carbonyl (C=O) groups excluding carboxylic acids is 1. The minimum atomic E-state index is -0.113. The van der Waals surface area contributed by atoms with Gasteiger partial charge < -0.3 is 9.32 Å². The van der Waals surface area contributed by atoms with Crippen LogP contribution in [0.4, 0.5) is 0 Å². The molecule has 0 aliphatic carbocycles. The molecule has 0 aliphatic rings. The molecule has 0 aromatic carbocycles. The van der Waals surface area contributed by atoms with Crippen LogP contribution in [0.15, 0.2) is 33.9 Å². The predicted molar refractivity (Wildman–Crippen MR) is 58.2 cm³/mol. The number of furan rings is 1. The number of likely N-dealkylation sites (N-methyl/N-ethyl adjacent to an activating group) is 1. The van der Waals surface area contributed by atoms with Crippen molar-refractivity contribution < 1.29 is 9.21 Å². The zero-order chi connectivity index (χ0) is 10.6. The first-order chi connectivity index (χ1) is 6.69. The van der Waals surface area contributed by atoms with E-state index in [0.717, 1.165) is 0 Å². The summed E-state index contributed by atoms with van der Waals surface area (Å²) >= 11 is 3.15. The Kier molecular flexibility index (Phi) is 3.95. The molecule has 3 nitrogen and oxygen atoms in total. The summed E-state index contributed by atoms with van der Waals surface area (Å²) in [6.45, 7) is 6.69. The summed E-state index contributed by atoms with van der Waals surface area (Å²) in [6, 6.07) is 3.35. The molecule has 0 unspecified atom stereocenters. The van der Waals surface area contributed by atoms with E-state index in [1.165, 1.54) is 0 Å². The van der Waals surface area contributed by atoms with Crippen LogP contribution in [0, 0.1) is 0 Å². The second kappa shape index (κ2) is 5.00. The molecule has 0 saturated carbocycles. The molecule has 76 valence electrons. The third kappa shape index (κ3) is 2.48. The topological polar surface area (TPSA) is 33.5 Å². The molecule has 0 radical (unpaired) electrons. The second-order valence-electron chi connectivity index (χ2n) is 2.74. The molecular formula is C10H12BrNO2. The standard InChI is InChI=1S/C10H12BrNO2/c1-3-7-12(4-2)10(13)8-5-6-9(11)14-8/h3,5-6H,1,4,7H2,2H3. The van der Waals surface area contributed by atoms with Crippen molar-refractivity contribution in [3.05, 3.63) is 35.2 Å². The van der Waals surface area contributed by atoms with Crippen molar-refractivity contribution >= 4 is 21.8 Å². The highest BCUT2D eigenvalue weighted by Gasteiger charge is 2.16. The van der Waals surface area contributed by atoms with E-state index in [-0.39, 0.29) is 5.91 Å². The van der Waals surface area contributed by atoms with Crippen LogP contribution in [0.5, 0.6) is 0 Å². The van der Waals surface area contributed by atoms with Crippen molar-refractivity contribution in [3.63, 3.8) is 0 Å².